The van der Waals surface area contributed by atoms with E-state index in [0.29, 0.717) is 11.3 Å². The number of anilines is 1. The molecule has 1 aromatic carbocycles. The van der Waals surface area contributed by atoms with Gasteiger partial charge in [-0.1, -0.05) is 6.07 Å². The van der Waals surface area contributed by atoms with Gasteiger partial charge in [-0.05, 0) is 46.0 Å². The van der Waals surface area contributed by atoms with E-state index in [-0.39, 0.29) is 23.9 Å². The summed E-state index contributed by atoms with van der Waals surface area (Å²) in [5, 5.41) is 8.36. The van der Waals surface area contributed by atoms with Crippen LogP contribution in [0.15, 0.2) is 24.3 Å². The van der Waals surface area contributed by atoms with Gasteiger partial charge in [-0.2, -0.15) is 0 Å². The molecule has 0 aromatic heterocycles. The Morgan fingerprint density at radius 3 is 2.47 bits per heavy atom. The molecular weight excluding hydrogens is 242 g/mol. The van der Waals surface area contributed by atoms with Crippen molar-refractivity contribution in [2.24, 2.45) is 0 Å². The van der Waals surface area contributed by atoms with Gasteiger partial charge in [0.25, 0.3) is 5.91 Å². The molecule has 0 atom stereocenters. The molecular formula is C14H21N3O2. The van der Waals surface area contributed by atoms with Crippen LogP contribution in [0.2, 0.25) is 0 Å². The summed E-state index contributed by atoms with van der Waals surface area (Å²) < 4.78 is 0. The second-order valence-electron chi connectivity index (χ2n) is 5.36. The number of hydrogen-bond acceptors (Lipinski definition) is 3. The fourth-order valence-electron chi connectivity index (χ4n) is 1.52. The Bertz CT molecular complexity index is 464. The molecule has 1 rings (SSSR count). The van der Waals surface area contributed by atoms with Gasteiger partial charge in [-0.15, -0.1) is 0 Å². The maximum absolute atomic E-state index is 12.0. The normalized spacial score (nSPS) is 10.9. The van der Waals surface area contributed by atoms with E-state index >= 15 is 0 Å². The van der Waals surface area contributed by atoms with Crippen LogP contribution >= 0.6 is 0 Å². The van der Waals surface area contributed by atoms with E-state index in [2.05, 4.69) is 16.0 Å². The minimum Gasteiger partial charge on any atom is -0.347 e. The highest BCUT2D eigenvalue weighted by molar-refractivity contribution is 5.97. The Labute approximate surface area is 113 Å². The molecule has 19 heavy (non-hydrogen) atoms. The zero-order valence-corrected chi connectivity index (χ0v) is 11.8. The zero-order chi connectivity index (χ0) is 14.5. The number of carbonyl (C=O) groups excluding carboxylic acids is 2. The molecule has 0 radical (unpaired) electrons. The molecule has 5 nitrogen and oxygen atoms in total. The van der Waals surface area contributed by atoms with Gasteiger partial charge in [0.2, 0.25) is 5.91 Å². The second-order valence-corrected chi connectivity index (χ2v) is 5.36. The minimum atomic E-state index is -0.289. The number of nitrogens with one attached hydrogen (secondary N) is 3. The largest absolute Gasteiger partial charge is 0.347 e. The second kappa shape index (κ2) is 6.33. The van der Waals surface area contributed by atoms with Crippen LogP contribution in [0.3, 0.4) is 0 Å². The molecule has 0 fully saturated rings. The predicted octanol–water partition coefficient (Wildman–Crippen LogP) is 1.37. The summed E-state index contributed by atoms with van der Waals surface area (Å²) >= 11 is 0. The van der Waals surface area contributed by atoms with Crippen molar-refractivity contribution in [3.63, 3.8) is 0 Å². The van der Waals surface area contributed by atoms with E-state index < -0.39 is 0 Å². The summed E-state index contributed by atoms with van der Waals surface area (Å²) in [5.74, 6) is -0.298. The Morgan fingerprint density at radius 1 is 1.21 bits per heavy atom. The Morgan fingerprint density at radius 2 is 1.89 bits per heavy atom. The summed E-state index contributed by atoms with van der Waals surface area (Å²) in [4.78, 5) is 23.4. The van der Waals surface area contributed by atoms with E-state index in [9.17, 15) is 9.59 Å². The lowest BCUT2D eigenvalue weighted by atomic mass is 10.1. The van der Waals surface area contributed by atoms with Gasteiger partial charge in [0.05, 0.1) is 6.54 Å². The van der Waals surface area contributed by atoms with Crippen molar-refractivity contribution in [2.75, 3.05) is 18.9 Å². The van der Waals surface area contributed by atoms with Crippen LogP contribution in [0.1, 0.15) is 31.1 Å². The molecule has 104 valence electrons. The van der Waals surface area contributed by atoms with Crippen LogP contribution < -0.4 is 16.0 Å². The van der Waals surface area contributed by atoms with E-state index in [1.165, 1.54) is 0 Å². The first-order valence-corrected chi connectivity index (χ1v) is 6.19. The van der Waals surface area contributed by atoms with Crippen molar-refractivity contribution in [3.05, 3.63) is 29.8 Å². The van der Waals surface area contributed by atoms with E-state index in [1.807, 2.05) is 20.8 Å². The number of likely N-dealkylation sites (N-methyl/N-ethyl adjacent to an activating group) is 1. The molecule has 1 aromatic rings. The molecule has 0 unspecified atom stereocenters. The third-order valence-electron chi connectivity index (χ3n) is 2.23. The number of benzene rings is 1. The summed E-state index contributed by atoms with van der Waals surface area (Å²) in [6, 6.07) is 6.87. The highest BCUT2D eigenvalue weighted by Gasteiger charge is 2.15. The topological polar surface area (TPSA) is 70.2 Å². The van der Waals surface area contributed by atoms with Gasteiger partial charge in [-0.3, -0.25) is 9.59 Å². The Kier molecular flexibility index (Phi) is 5.06. The molecule has 0 saturated carbocycles. The first kappa shape index (κ1) is 15.2. The highest BCUT2D eigenvalue weighted by Crippen LogP contribution is 2.12. The fraction of sp³-hybridized carbons (Fsp3) is 0.429. The third kappa shape index (κ3) is 5.52. The van der Waals surface area contributed by atoms with Crippen molar-refractivity contribution in [3.8, 4) is 0 Å². The van der Waals surface area contributed by atoms with Crippen molar-refractivity contribution in [2.45, 2.75) is 26.3 Å². The minimum absolute atomic E-state index is 0.143. The van der Waals surface area contributed by atoms with Gasteiger partial charge in [0.1, 0.15) is 0 Å². The summed E-state index contributed by atoms with van der Waals surface area (Å²) in [5.41, 5.74) is 0.849. The summed E-state index contributed by atoms with van der Waals surface area (Å²) in [6.45, 7) is 5.99. The van der Waals surface area contributed by atoms with Crippen LogP contribution in [0.5, 0.6) is 0 Å². The molecule has 3 N–H and O–H groups in total. The predicted molar refractivity (Wildman–Crippen MR) is 76.2 cm³/mol. The van der Waals surface area contributed by atoms with Crippen LogP contribution in [0, 0.1) is 0 Å². The number of carbonyl (C=O) groups is 2. The maximum atomic E-state index is 12.0. The molecule has 5 heteroatoms. The number of hydrogen-bond donors (Lipinski definition) is 3. The van der Waals surface area contributed by atoms with Gasteiger partial charge >= 0.3 is 0 Å². The molecule has 0 aliphatic carbocycles. The van der Waals surface area contributed by atoms with Crippen molar-refractivity contribution < 1.29 is 9.59 Å². The quantitative estimate of drug-likeness (QED) is 0.768. The molecule has 0 aliphatic rings. The van der Waals surface area contributed by atoms with Gasteiger partial charge in [0.15, 0.2) is 0 Å². The number of rotatable bonds is 4. The lowest BCUT2D eigenvalue weighted by molar-refractivity contribution is -0.115. The molecule has 0 heterocycles. The first-order chi connectivity index (χ1) is 8.81. The van der Waals surface area contributed by atoms with E-state index in [4.69, 9.17) is 0 Å². The van der Waals surface area contributed by atoms with Gasteiger partial charge < -0.3 is 16.0 Å². The lowest BCUT2D eigenvalue weighted by Crippen LogP contribution is -2.40. The van der Waals surface area contributed by atoms with Crippen molar-refractivity contribution >= 4 is 17.5 Å². The molecule has 0 bridgehead atoms. The monoisotopic (exact) mass is 263 g/mol. The van der Waals surface area contributed by atoms with Crippen LogP contribution in [0.25, 0.3) is 0 Å². The number of amides is 2. The molecule has 0 aliphatic heterocycles. The van der Waals surface area contributed by atoms with Gasteiger partial charge in [0, 0.05) is 16.8 Å². The van der Waals surface area contributed by atoms with Gasteiger partial charge in [-0.25, -0.2) is 0 Å². The average Bonchev–Trinajstić information content (AvgIpc) is 2.27. The lowest BCUT2D eigenvalue weighted by Gasteiger charge is -2.20. The van der Waals surface area contributed by atoms with Crippen LogP contribution in [-0.2, 0) is 4.79 Å². The molecule has 0 saturated heterocycles. The van der Waals surface area contributed by atoms with Crippen LogP contribution in [-0.4, -0.2) is 30.9 Å². The Balaban J connectivity index is 2.77. The summed E-state index contributed by atoms with van der Waals surface area (Å²) in [7, 11) is 1.70. The average molecular weight is 263 g/mol. The van der Waals surface area contributed by atoms with Crippen molar-refractivity contribution in [1.82, 2.24) is 10.6 Å². The van der Waals surface area contributed by atoms with E-state index in [0.717, 1.165) is 0 Å². The van der Waals surface area contributed by atoms with Crippen molar-refractivity contribution in [1.29, 1.82) is 0 Å². The highest BCUT2D eigenvalue weighted by atomic mass is 16.2. The standard InChI is InChI=1S/C14H21N3O2/c1-14(2,3)17-13(19)10-6-5-7-11(8-10)16-12(18)9-15-4/h5-8,15H,9H2,1-4H3,(H,16,18)(H,17,19). The smallest absolute Gasteiger partial charge is 0.251 e. The molecule has 0 spiro atoms. The first-order valence-electron chi connectivity index (χ1n) is 6.19. The third-order valence-corrected chi connectivity index (χ3v) is 2.23. The van der Waals surface area contributed by atoms with Crippen LogP contribution in [0.4, 0.5) is 5.69 Å². The summed E-state index contributed by atoms with van der Waals surface area (Å²) in [6.07, 6.45) is 0. The fourth-order valence-corrected chi connectivity index (χ4v) is 1.52. The maximum Gasteiger partial charge on any atom is 0.251 e. The zero-order valence-electron chi connectivity index (χ0n) is 11.8. The van der Waals surface area contributed by atoms with E-state index in [1.54, 1.807) is 31.3 Å². The Hall–Kier alpha value is -1.88. The SMILES string of the molecule is CNCC(=O)Nc1cccc(C(=O)NC(C)(C)C)c1. The molecule has 2 amide bonds.